The number of amides is 1. The van der Waals surface area contributed by atoms with Crippen LogP contribution in [0.3, 0.4) is 0 Å². The molecule has 5 nitrogen and oxygen atoms in total. The van der Waals surface area contributed by atoms with Gasteiger partial charge < -0.3 is 9.52 Å². The number of para-hydroxylation sites is 1. The lowest BCUT2D eigenvalue weighted by Crippen LogP contribution is -2.17. The molecule has 0 radical (unpaired) electrons. The van der Waals surface area contributed by atoms with E-state index in [0.717, 1.165) is 0 Å². The molecule has 0 bridgehead atoms. The Morgan fingerprint density at radius 2 is 1.92 bits per heavy atom. The van der Waals surface area contributed by atoms with Crippen molar-refractivity contribution < 1.29 is 14.3 Å². The van der Waals surface area contributed by atoms with Gasteiger partial charge in [0.25, 0.3) is 5.91 Å². The third-order valence-corrected chi connectivity index (χ3v) is 3.88. The highest BCUT2D eigenvalue weighted by atomic mass is 35.5. The lowest BCUT2D eigenvalue weighted by Gasteiger charge is -2.01. The minimum atomic E-state index is -0.526. The summed E-state index contributed by atoms with van der Waals surface area (Å²) >= 11 is 12.0. The lowest BCUT2D eigenvalue weighted by atomic mass is 10.2. The second-order valence-electron chi connectivity index (χ2n) is 5.04. The molecule has 0 spiro atoms. The summed E-state index contributed by atoms with van der Waals surface area (Å²) in [7, 11) is 0. The average Bonchev–Trinajstić information content (AvgIpc) is 3.03. The van der Waals surface area contributed by atoms with Crippen LogP contribution in [-0.2, 0) is 0 Å². The maximum atomic E-state index is 11.9. The molecule has 0 atom stereocenters. The first-order chi connectivity index (χ1) is 12.0. The lowest BCUT2D eigenvalue weighted by molar-refractivity contribution is 0.0952. The van der Waals surface area contributed by atoms with Crippen molar-refractivity contribution in [2.45, 2.75) is 0 Å². The summed E-state index contributed by atoms with van der Waals surface area (Å²) in [6.45, 7) is 0. The number of carbonyl (C=O) groups is 1. The number of hydrogen-bond acceptors (Lipinski definition) is 4. The largest absolute Gasteiger partial charge is 0.507 e. The molecule has 0 saturated carbocycles. The Labute approximate surface area is 153 Å². The second kappa shape index (κ2) is 7.42. The molecule has 0 aliphatic heterocycles. The molecule has 0 unspecified atom stereocenters. The number of rotatable bonds is 4. The van der Waals surface area contributed by atoms with Crippen LogP contribution < -0.4 is 5.43 Å². The van der Waals surface area contributed by atoms with Gasteiger partial charge in [0.1, 0.15) is 17.3 Å². The van der Waals surface area contributed by atoms with E-state index in [-0.39, 0.29) is 11.3 Å². The predicted octanol–water partition coefficient (Wildman–Crippen LogP) is 4.72. The number of furan rings is 1. The maximum absolute atomic E-state index is 11.9. The Bertz CT molecular complexity index is 951. The summed E-state index contributed by atoms with van der Waals surface area (Å²) in [5.74, 6) is 0.337. The van der Waals surface area contributed by atoms with E-state index in [1.165, 1.54) is 18.3 Å². The summed E-state index contributed by atoms with van der Waals surface area (Å²) in [6, 6.07) is 14.7. The molecule has 2 aromatic carbocycles. The van der Waals surface area contributed by atoms with Gasteiger partial charge in [0.2, 0.25) is 0 Å². The Kier molecular flexibility index (Phi) is 5.07. The molecule has 25 heavy (non-hydrogen) atoms. The standard InChI is InChI=1S/C18H12Cl2N2O3/c19-11-5-7-13(15(20)9-11)17-8-6-12(25-17)10-21-22-18(24)14-3-1-2-4-16(14)23/h1-10,23H,(H,22,24)/b21-10-. The maximum Gasteiger partial charge on any atom is 0.275 e. The molecule has 0 aliphatic rings. The molecule has 3 aromatic rings. The van der Waals surface area contributed by atoms with Crippen molar-refractivity contribution >= 4 is 35.3 Å². The van der Waals surface area contributed by atoms with Crippen molar-refractivity contribution in [1.82, 2.24) is 5.43 Å². The summed E-state index contributed by atoms with van der Waals surface area (Å²) in [6.07, 6.45) is 1.35. The van der Waals surface area contributed by atoms with Crippen molar-refractivity contribution in [3.8, 4) is 17.1 Å². The zero-order valence-electron chi connectivity index (χ0n) is 12.7. The number of aromatic hydroxyl groups is 1. The normalized spacial score (nSPS) is 11.0. The van der Waals surface area contributed by atoms with E-state index in [1.807, 2.05) is 0 Å². The third kappa shape index (κ3) is 4.02. The van der Waals surface area contributed by atoms with Crippen LogP contribution in [0.4, 0.5) is 0 Å². The first-order valence-corrected chi connectivity index (χ1v) is 7.97. The van der Waals surface area contributed by atoms with E-state index >= 15 is 0 Å². The van der Waals surface area contributed by atoms with Gasteiger partial charge in [-0.15, -0.1) is 0 Å². The topological polar surface area (TPSA) is 74.8 Å². The van der Waals surface area contributed by atoms with Crippen LogP contribution in [0.5, 0.6) is 5.75 Å². The van der Waals surface area contributed by atoms with Gasteiger partial charge in [0, 0.05) is 10.6 Å². The summed E-state index contributed by atoms with van der Waals surface area (Å²) in [5, 5.41) is 14.4. The highest BCUT2D eigenvalue weighted by molar-refractivity contribution is 6.36. The number of nitrogens with zero attached hydrogens (tertiary/aromatic N) is 1. The fourth-order valence-electron chi connectivity index (χ4n) is 2.14. The van der Waals surface area contributed by atoms with E-state index in [2.05, 4.69) is 10.5 Å². The Morgan fingerprint density at radius 3 is 2.68 bits per heavy atom. The number of carbonyl (C=O) groups excluding carboxylic acids is 1. The third-order valence-electron chi connectivity index (χ3n) is 3.33. The van der Waals surface area contributed by atoms with E-state index in [9.17, 15) is 9.90 Å². The smallest absolute Gasteiger partial charge is 0.275 e. The average molecular weight is 375 g/mol. The molecule has 7 heteroatoms. The summed E-state index contributed by atoms with van der Waals surface area (Å²) < 4.78 is 5.62. The SMILES string of the molecule is O=C(N/N=C\c1ccc(-c2ccc(Cl)cc2Cl)o1)c1ccccc1O. The molecule has 0 saturated heterocycles. The van der Waals surface area contributed by atoms with Crippen LogP contribution in [0, 0.1) is 0 Å². The van der Waals surface area contributed by atoms with Crippen LogP contribution in [0.15, 0.2) is 64.1 Å². The molecule has 0 fully saturated rings. The summed E-state index contributed by atoms with van der Waals surface area (Å²) in [4.78, 5) is 11.9. The molecule has 126 valence electrons. The number of benzene rings is 2. The van der Waals surface area contributed by atoms with Gasteiger partial charge in [-0.2, -0.15) is 5.10 Å². The highest BCUT2D eigenvalue weighted by Gasteiger charge is 2.10. The number of hydrazone groups is 1. The second-order valence-corrected chi connectivity index (χ2v) is 5.89. The summed E-state index contributed by atoms with van der Waals surface area (Å²) in [5.41, 5.74) is 3.15. The Morgan fingerprint density at radius 1 is 1.12 bits per heavy atom. The van der Waals surface area contributed by atoms with Crippen LogP contribution in [0.25, 0.3) is 11.3 Å². The van der Waals surface area contributed by atoms with Crippen LogP contribution >= 0.6 is 23.2 Å². The quantitative estimate of drug-likeness (QED) is 0.512. The van der Waals surface area contributed by atoms with Crippen molar-refractivity contribution in [3.05, 3.63) is 76.0 Å². The molecule has 0 aliphatic carbocycles. The van der Waals surface area contributed by atoms with Crippen LogP contribution in [0.1, 0.15) is 16.1 Å². The van der Waals surface area contributed by atoms with Crippen molar-refractivity contribution in [1.29, 1.82) is 0 Å². The van der Waals surface area contributed by atoms with Gasteiger partial charge in [-0.05, 0) is 42.5 Å². The van der Waals surface area contributed by atoms with Gasteiger partial charge in [-0.3, -0.25) is 4.79 Å². The van der Waals surface area contributed by atoms with Gasteiger partial charge in [-0.25, -0.2) is 5.43 Å². The zero-order chi connectivity index (χ0) is 17.8. The van der Waals surface area contributed by atoms with Crippen molar-refractivity contribution in [2.75, 3.05) is 0 Å². The predicted molar refractivity (Wildman–Crippen MR) is 97.3 cm³/mol. The molecule has 1 aromatic heterocycles. The van der Waals surface area contributed by atoms with Crippen molar-refractivity contribution in [3.63, 3.8) is 0 Å². The van der Waals surface area contributed by atoms with Crippen LogP contribution in [0.2, 0.25) is 10.0 Å². The zero-order valence-corrected chi connectivity index (χ0v) is 14.3. The van der Waals surface area contributed by atoms with Crippen LogP contribution in [-0.4, -0.2) is 17.2 Å². The van der Waals surface area contributed by atoms with Gasteiger partial charge in [0.05, 0.1) is 16.8 Å². The molecule has 1 heterocycles. The monoisotopic (exact) mass is 374 g/mol. The van der Waals surface area contributed by atoms with Gasteiger partial charge in [-0.1, -0.05) is 35.3 Å². The molecular formula is C18H12Cl2N2O3. The molecular weight excluding hydrogens is 363 g/mol. The van der Waals surface area contributed by atoms with Gasteiger partial charge >= 0.3 is 0 Å². The van der Waals surface area contributed by atoms with E-state index < -0.39 is 5.91 Å². The number of phenols is 1. The van der Waals surface area contributed by atoms with E-state index in [0.29, 0.717) is 27.1 Å². The van der Waals surface area contributed by atoms with Gasteiger partial charge in [0.15, 0.2) is 0 Å². The molecule has 2 N–H and O–H groups in total. The fraction of sp³-hybridized carbons (Fsp3) is 0. The first kappa shape index (κ1) is 17.1. The first-order valence-electron chi connectivity index (χ1n) is 7.21. The van der Waals surface area contributed by atoms with E-state index in [4.69, 9.17) is 27.6 Å². The fourth-order valence-corrected chi connectivity index (χ4v) is 2.64. The minimum Gasteiger partial charge on any atom is -0.507 e. The molecule has 1 amide bonds. The van der Waals surface area contributed by atoms with Crippen molar-refractivity contribution in [2.24, 2.45) is 5.10 Å². The number of nitrogens with one attached hydrogen (secondary N) is 1. The number of hydrogen-bond donors (Lipinski definition) is 2. The minimum absolute atomic E-state index is 0.118. The Hall–Kier alpha value is -2.76. The number of halogens is 2. The van der Waals surface area contributed by atoms with E-state index in [1.54, 1.807) is 42.5 Å². The molecule has 3 rings (SSSR count). The number of phenolic OH excluding ortho intramolecular Hbond substituents is 1. The highest BCUT2D eigenvalue weighted by Crippen LogP contribution is 2.31. The Balaban J connectivity index is 1.70.